The van der Waals surface area contributed by atoms with E-state index in [1.54, 1.807) is 6.07 Å². The van der Waals surface area contributed by atoms with Crippen molar-refractivity contribution in [1.29, 1.82) is 0 Å². The normalized spacial score (nSPS) is 12.4. The molecule has 1 unspecified atom stereocenters. The highest BCUT2D eigenvalue weighted by Gasteiger charge is 2.15. The van der Waals surface area contributed by atoms with Gasteiger partial charge in [0.05, 0.1) is 4.47 Å². The van der Waals surface area contributed by atoms with Gasteiger partial charge in [0.1, 0.15) is 5.82 Å². The van der Waals surface area contributed by atoms with Gasteiger partial charge in [-0.2, -0.15) is 0 Å². The van der Waals surface area contributed by atoms with Crippen molar-refractivity contribution >= 4 is 15.9 Å². The zero-order chi connectivity index (χ0) is 13.7. The second-order valence-corrected chi connectivity index (χ2v) is 5.18. The van der Waals surface area contributed by atoms with E-state index in [-0.39, 0.29) is 11.9 Å². The number of benzene rings is 2. The first-order chi connectivity index (χ1) is 9.22. The van der Waals surface area contributed by atoms with E-state index in [2.05, 4.69) is 33.5 Å². The van der Waals surface area contributed by atoms with Gasteiger partial charge < -0.3 is 0 Å². The van der Waals surface area contributed by atoms with Crippen LogP contribution in [0.25, 0.3) is 0 Å². The molecule has 0 spiro atoms. The highest BCUT2D eigenvalue weighted by molar-refractivity contribution is 9.10. The van der Waals surface area contributed by atoms with Crippen LogP contribution in [0.4, 0.5) is 4.39 Å². The Bertz CT molecular complexity index is 531. The van der Waals surface area contributed by atoms with Crippen LogP contribution in [-0.4, -0.2) is 0 Å². The Hall–Kier alpha value is -1.23. The quantitative estimate of drug-likeness (QED) is 0.650. The number of halogens is 2. The Morgan fingerprint density at radius 1 is 1.11 bits per heavy atom. The second-order valence-electron chi connectivity index (χ2n) is 4.39. The van der Waals surface area contributed by atoms with Crippen LogP contribution in [0, 0.1) is 5.82 Å². The van der Waals surface area contributed by atoms with Crippen LogP contribution in [0.2, 0.25) is 0 Å². The molecular weight excluding hydrogens is 307 g/mol. The number of aryl methyl sites for hydroxylation is 1. The number of nitrogens with two attached hydrogens (primary N) is 1. The van der Waals surface area contributed by atoms with Crippen molar-refractivity contribution in [3.8, 4) is 0 Å². The molecule has 0 aromatic heterocycles. The van der Waals surface area contributed by atoms with Crippen molar-refractivity contribution in [3.05, 3.63) is 69.9 Å². The SMILES string of the molecule is NNC(CCc1ccccc1)c1cccc(F)c1Br. The molecule has 19 heavy (non-hydrogen) atoms. The average Bonchev–Trinajstić information content (AvgIpc) is 2.45. The van der Waals surface area contributed by atoms with Gasteiger partial charge in [-0.3, -0.25) is 11.3 Å². The number of rotatable bonds is 5. The van der Waals surface area contributed by atoms with Gasteiger partial charge in [-0.25, -0.2) is 4.39 Å². The molecule has 2 rings (SSSR count). The molecule has 0 aliphatic carbocycles. The van der Waals surface area contributed by atoms with Gasteiger partial charge in [0.25, 0.3) is 0 Å². The summed E-state index contributed by atoms with van der Waals surface area (Å²) in [6, 6.07) is 15.1. The number of hydrogen-bond donors (Lipinski definition) is 2. The van der Waals surface area contributed by atoms with Crippen LogP contribution in [0.5, 0.6) is 0 Å². The molecule has 0 heterocycles. The Morgan fingerprint density at radius 3 is 2.53 bits per heavy atom. The number of hydrogen-bond acceptors (Lipinski definition) is 2. The largest absolute Gasteiger partial charge is 0.271 e. The van der Waals surface area contributed by atoms with E-state index in [9.17, 15) is 4.39 Å². The summed E-state index contributed by atoms with van der Waals surface area (Å²) in [6.45, 7) is 0. The van der Waals surface area contributed by atoms with Gasteiger partial charge in [0.2, 0.25) is 0 Å². The van der Waals surface area contributed by atoms with Crippen molar-refractivity contribution < 1.29 is 4.39 Å². The Kier molecular flexibility index (Phi) is 5.07. The molecule has 4 heteroatoms. The molecule has 1 atom stereocenters. The lowest BCUT2D eigenvalue weighted by Gasteiger charge is -2.18. The van der Waals surface area contributed by atoms with Crippen LogP contribution >= 0.6 is 15.9 Å². The van der Waals surface area contributed by atoms with E-state index in [0.717, 1.165) is 18.4 Å². The molecular formula is C15H16BrFN2. The molecule has 0 radical (unpaired) electrons. The van der Waals surface area contributed by atoms with E-state index in [1.165, 1.54) is 11.6 Å². The highest BCUT2D eigenvalue weighted by atomic mass is 79.9. The van der Waals surface area contributed by atoms with Gasteiger partial charge in [0, 0.05) is 6.04 Å². The van der Waals surface area contributed by atoms with Gasteiger partial charge >= 0.3 is 0 Å². The molecule has 0 saturated carbocycles. The summed E-state index contributed by atoms with van der Waals surface area (Å²) in [5.74, 6) is 5.33. The lowest BCUT2D eigenvalue weighted by atomic mass is 9.99. The van der Waals surface area contributed by atoms with Crippen LogP contribution in [0.15, 0.2) is 53.0 Å². The molecule has 0 aliphatic heterocycles. The van der Waals surface area contributed by atoms with E-state index >= 15 is 0 Å². The van der Waals surface area contributed by atoms with Crippen molar-refractivity contribution in [1.82, 2.24) is 5.43 Å². The van der Waals surface area contributed by atoms with Gasteiger partial charge in [0.15, 0.2) is 0 Å². The lowest BCUT2D eigenvalue weighted by Crippen LogP contribution is -2.28. The average molecular weight is 323 g/mol. The minimum atomic E-state index is -0.266. The number of nitrogens with one attached hydrogen (secondary N) is 1. The topological polar surface area (TPSA) is 38.0 Å². The van der Waals surface area contributed by atoms with E-state index in [0.29, 0.717) is 4.47 Å². The molecule has 2 aromatic rings. The molecule has 0 fully saturated rings. The van der Waals surface area contributed by atoms with E-state index in [4.69, 9.17) is 5.84 Å². The van der Waals surface area contributed by atoms with Crippen LogP contribution in [-0.2, 0) is 6.42 Å². The summed E-state index contributed by atoms with van der Waals surface area (Å²) in [7, 11) is 0. The predicted molar refractivity (Wildman–Crippen MR) is 78.9 cm³/mol. The van der Waals surface area contributed by atoms with Gasteiger partial charge in [-0.15, -0.1) is 0 Å². The summed E-state index contributed by atoms with van der Waals surface area (Å²) in [5.41, 5.74) is 4.85. The molecule has 0 aliphatic rings. The summed E-state index contributed by atoms with van der Waals surface area (Å²) in [6.07, 6.45) is 1.70. The van der Waals surface area contributed by atoms with Crippen molar-refractivity contribution in [3.63, 3.8) is 0 Å². The van der Waals surface area contributed by atoms with E-state index in [1.807, 2.05) is 24.3 Å². The Morgan fingerprint density at radius 2 is 1.84 bits per heavy atom. The lowest BCUT2D eigenvalue weighted by molar-refractivity contribution is 0.508. The zero-order valence-electron chi connectivity index (χ0n) is 10.4. The van der Waals surface area contributed by atoms with Crippen LogP contribution in [0.3, 0.4) is 0 Å². The van der Waals surface area contributed by atoms with Gasteiger partial charge in [-0.05, 0) is 46.0 Å². The third-order valence-electron chi connectivity index (χ3n) is 3.12. The third kappa shape index (κ3) is 3.62. The summed E-state index contributed by atoms with van der Waals surface area (Å²) < 4.78 is 14.0. The van der Waals surface area contributed by atoms with Crippen LogP contribution in [0.1, 0.15) is 23.6 Å². The van der Waals surface area contributed by atoms with Gasteiger partial charge in [-0.1, -0.05) is 42.5 Å². The van der Waals surface area contributed by atoms with E-state index < -0.39 is 0 Å². The molecule has 0 amide bonds. The number of hydrazine groups is 1. The fourth-order valence-electron chi connectivity index (χ4n) is 2.07. The maximum atomic E-state index is 13.5. The first-order valence-electron chi connectivity index (χ1n) is 6.16. The molecule has 100 valence electrons. The fraction of sp³-hybridized carbons (Fsp3) is 0.200. The minimum absolute atomic E-state index is 0.0784. The zero-order valence-corrected chi connectivity index (χ0v) is 12.0. The van der Waals surface area contributed by atoms with Crippen molar-refractivity contribution in [2.24, 2.45) is 5.84 Å². The van der Waals surface area contributed by atoms with Crippen molar-refractivity contribution in [2.45, 2.75) is 18.9 Å². The minimum Gasteiger partial charge on any atom is -0.271 e. The molecule has 0 bridgehead atoms. The Balaban J connectivity index is 2.10. The third-order valence-corrected chi connectivity index (χ3v) is 3.96. The fourth-order valence-corrected chi connectivity index (χ4v) is 2.61. The first-order valence-corrected chi connectivity index (χ1v) is 6.95. The molecule has 3 N–H and O–H groups in total. The molecule has 0 saturated heterocycles. The smallest absolute Gasteiger partial charge is 0.137 e. The summed E-state index contributed by atoms with van der Waals surface area (Å²) in [5, 5.41) is 0. The summed E-state index contributed by atoms with van der Waals surface area (Å²) in [4.78, 5) is 0. The maximum Gasteiger partial charge on any atom is 0.137 e. The van der Waals surface area contributed by atoms with Crippen molar-refractivity contribution in [2.75, 3.05) is 0 Å². The molecule has 2 nitrogen and oxygen atoms in total. The standard InChI is InChI=1S/C15H16BrFN2/c16-15-12(7-4-8-13(15)17)14(19-18)10-9-11-5-2-1-3-6-11/h1-8,14,19H,9-10,18H2. The predicted octanol–water partition coefficient (Wildman–Crippen LogP) is 3.73. The second kappa shape index (κ2) is 6.80. The first kappa shape index (κ1) is 14.2. The molecule has 2 aromatic carbocycles. The Labute approximate surface area is 120 Å². The monoisotopic (exact) mass is 322 g/mol. The maximum absolute atomic E-state index is 13.5. The summed E-state index contributed by atoms with van der Waals surface area (Å²) >= 11 is 3.28. The van der Waals surface area contributed by atoms with Crippen LogP contribution < -0.4 is 11.3 Å². The highest BCUT2D eigenvalue weighted by Crippen LogP contribution is 2.28.